The van der Waals surface area contributed by atoms with Gasteiger partial charge in [-0.05, 0) is 111 Å². The van der Waals surface area contributed by atoms with Crippen molar-refractivity contribution in [1.29, 1.82) is 0 Å². The molecule has 0 aromatic heterocycles. The molecule has 0 amide bonds. The number of rotatable bonds is 9. The molecule has 1 unspecified atom stereocenters. The summed E-state index contributed by atoms with van der Waals surface area (Å²) < 4.78 is 6.03. The number of aromatic hydroxyl groups is 2. The van der Waals surface area contributed by atoms with Crippen LogP contribution in [0, 0.1) is 0 Å². The summed E-state index contributed by atoms with van der Waals surface area (Å²) in [4.78, 5) is 4.85. The average molecular weight is 501 g/mol. The second kappa shape index (κ2) is 11.9. The van der Waals surface area contributed by atoms with E-state index in [0.29, 0.717) is 17.4 Å². The van der Waals surface area contributed by atoms with E-state index in [1.165, 1.54) is 54.6 Å². The van der Waals surface area contributed by atoms with Crippen LogP contribution in [-0.2, 0) is 19.4 Å². The molecule has 3 aromatic rings. The molecule has 5 heteroatoms. The van der Waals surface area contributed by atoms with Crippen LogP contribution in [0.5, 0.6) is 17.2 Å². The first-order valence-electron chi connectivity index (χ1n) is 13.9. The predicted molar refractivity (Wildman–Crippen MR) is 150 cm³/mol. The number of benzene rings is 3. The maximum atomic E-state index is 10.4. The lowest BCUT2D eigenvalue weighted by Crippen LogP contribution is -2.33. The minimum atomic E-state index is 0.302. The molecule has 1 saturated heterocycles. The van der Waals surface area contributed by atoms with Crippen LogP contribution in [0.4, 0.5) is 5.69 Å². The quantitative estimate of drug-likeness (QED) is 0.363. The molecular formula is C32H40N2O3. The van der Waals surface area contributed by atoms with Crippen molar-refractivity contribution in [2.24, 2.45) is 0 Å². The number of anilines is 1. The SMILES string of the molecule is CCN(Cc1ccc(OCCN2CCCCC2)cc1)c1cc(O)ccc1C1CCc2cc(O)ccc2C1. The van der Waals surface area contributed by atoms with E-state index in [9.17, 15) is 10.2 Å². The summed E-state index contributed by atoms with van der Waals surface area (Å²) in [6.45, 7) is 7.92. The molecule has 1 fully saturated rings. The number of ether oxygens (including phenoxy) is 1. The highest BCUT2D eigenvalue weighted by Crippen LogP contribution is 2.40. The summed E-state index contributed by atoms with van der Waals surface area (Å²) in [6.07, 6.45) is 6.92. The number of nitrogens with zero attached hydrogens (tertiary/aromatic N) is 2. The van der Waals surface area contributed by atoms with Gasteiger partial charge in [0.05, 0.1) is 0 Å². The second-order valence-corrected chi connectivity index (χ2v) is 10.5. The normalized spacial score (nSPS) is 17.8. The number of likely N-dealkylation sites (tertiary alicyclic amines) is 1. The van der Waals surface area contributed by atoms with Crippen LogP contribution < -0.4 is 9.64 Å². The van der Waals surface area contributed by atoms with Crippen LogP contribution in [0.2, 0.25) is 0 Å². The fraction of sp³-hybridized carbons (Fsp3) is 0.438. The Bertz CT molecular complexity index is 1170. The lowest BCUT2D eigenvalue weighted by atomic mass is 9.79. The summed E-state index contributed by atoms with van der Waals surface area (Å²) in [7, 11) is 0. The molecule has 1 aliphatic heterocycles. The molecule has 196 valence electrons. The maximum Gasteiger partial charge on any atom is 0.119 e. The number of phenolic OH excluding ortho intramolecular Hbond substituents is 2. The van der Waals surface area contributed by atoms with E-state index >= 15 is 0 Å². The van der Waals surface area contributed by atoms with Crippen molar-refractivity contribution in [1.82, 2.24) is 4.90 Å². The molecule has 1 atom stereocenters. The van der Waals surface area contributed by atoms with Gasteiger partial charge in [0.25, 0.3) is 0 Å². The van der Waals surface area contributed by atoms with E-state index < -0.39 is 0 Å². The monoisotopic (exact) mass is 500 g/mol. The van der Waals surface area contributed by atoms with Gasteiger partial charge in [-0.25, -0.2) is 0 Å². The third kappa shape index (κ3) is 6.40. The van der Waals surface area contributed by atoms with Gasteiger partial charge in [0.2, 0.25) is 0 Å². The Kier molecular flexibility index (Phi) is 8.20. The van der Waals surface area contributed by atoms with Crippen molar-refractivity contribution in [2.75, 3.05) is 37.7 Å². The molecule has 2 N–H and O–H groups in total. The van der Waals surface area contributed by atoms with Gasteiger partial charge >= 0.3 is 0 Å². The van der Waals surface area contributed by atoms with E-state index in [1.807, 2.05) is 18.2 Å². The molecule has 1 heterocycles. The first-order chi connectivity index (χ1) is 18.1. The Morgan fingerprint density at radius 2 is 1.65 bits per heavy atom. The van der Waals surface area contributed by atoms with E-state index in [0.717, 1.165) is 56.9 Å². The number of aryl methyl sites for hydroxylation is 1. The van der Waals surface area contributed by atoms with Crippen LogP contribution in [0.3, 0.4) is 0 Å². The van der Waals surface area contributed by atoms with E-state index in [-0.39, 0.29) is 0 Å². The lowest BCUT2D eigenvalue weighted by Gasteiger charge is -2.31. The Labute approximate surface area is 221 Å². The molecule has 3 aromatic carbocycles. The fourth-order valence-corrected chi connectivity index (χ4v) is 5.91. The van der Waals surface area contributed by atoms with Gasteiger partial charge in [-0.15, -0.1) is 0 Å². The van der Waals surface area contributed by atoms with E-state index in [2.05, 4.69) is 53.1 Å². The molecule has 0 bridgehead atoms. The summed E-state index contributed by atoms with van der Waals surface area (Å²) in [6, 6.07) is 20.1. The van der Waals surface area contributed by atoms with Gasteiger partial charge < -0.3 is 19.8 Å². The van der Waals surface area contributed by atoms with Crippen LogP contribution in [0.25, 0.3) is 0 Å². The summed E-state index contributed by atoms with van der Waals surface area (Å²) in [5, 5.41) is 20.2. The number of fused-ring (bicyclic) bond motifs is 1. The smallest absolute Gasteiger partial charge is 0.119 e. The zero-order valence-corrected chi connectivity index (χ0v) is 22.0. The Balaban J connectivity index is 1.25. The summed E-state index contributed by atoms with van der Waals surface area (Å²) >= 11 is 0. The standard InChI is InChI=1S/C32H40N2O3/c1-2-34(23-24-6-13-30(14-7-24)37-19-18-33-16-4-3-5-17-33)32-22-29(36)12-15-31(32)27-9-8-26-21-28(35)11-10-25(26)20-27/h6-7,10-15,21-22,27,35-36H,2-5,8-9,16-20,23H2,1H3. The largest absolute Gasteiger partial charge is 0.508 e. The predicted octanol–water partition coefficient (Wildman–Crippen LogP) is 6.26. The van der Waals surface area contributed by atoms with Crippen molar-refractivity contribution < 1.29 is 14.9 Å². The van der Waals surface area contributed by atoms with Crippen LogP contribution in [0.1, 0.15) is 60.8 Å². The van der Waals surface area contributed by atoms with Gasteiger partial charge in [0.15, 0.2) is 0 Å². The van der Waals surface area contributed by atoms with Crippen molar-refractivity contribution in [3.63, 3.8) is 0 Å². The highest BCUT2D eigenvalue weighted by molar-refractivity contribution is 5.59. The zero-order chi connectivity index (χ0) is 25.6. The molecule has 5 rings (SSSR count). The zero-order valence-electron chi connectivity index (χ0n) is 22.0. The number of hydrogen-bond donors (Lipinski definition) is 2. The molecule has 37 heavy (non-hydrogen) atoms. The van der Waals surface area contributed by atoms with Gasteiger partial charge in [0.1, 0.15) is 23.9 Å². The van der Waals surface area contributed by atoms with Gasteiger partial charge in [-0.3, -0.25) is 4.90 Å². The molecule has 5 nitrogen and oxygen atoms in total. The molecule has 1 aliphatic carbocycles. The maximum absolute atomic E-state index is 10.4. The van der Waals surface area contributed by atoms with Crippen molar-refractivity contribution in [3.05, 3.63) is 82.9 Å². The highest BCUT2D eigenvalue weighted by Gasteiger charge is 2.24. The Morgan fingerprint density at radius 1 is 0.892 bits per heavy atom. The van der Waals surface area contributed by atoms with Crippen molar-refractivity contribution in [3.8, 4) is 17.2 Å². The number of hydrogen-bond acceptors (Lipinski definition) is 5. The summed E-state index contributed by atoms with van der Waals surface area (Å²) in [5.41, 5.74) is 6.19. The highest BCUT2D eigenvalue weighted by atomic mass is 16.5. The Hall–Kier alpha value is -3.18. The first kappa shape index (κ1) is 25.5. The van der Waals surface area contributed by atoms with Crippen molar-refractivity contribution in [2.45, 2.75) is 57.9 Å². The topological polar surface area (TPSA) is 56.2 Å². The summed E-state index contributed by atoms with van der Waals surface area (Å²) in [5.74, 6) is 1.96. The minimum Gasteiger partial charge on any atom is -0.508 e. The van der Waals surface area contributed by atoms with Crippen molar-refractivity contribution >= 4 is 5.69 Å². The molecule has 2 aliphatic rings. The van der Waals surface area contributed by atoms with Crippen LogP contribution in [0.15, 0.2) is 60.7 Å². The number of phenols is 2. The lowest BCUT2D eigenvalue weighted by molar-refractivity contribution is 0.183. The average Bonchev–Trinajstić information content (AvgIpc) is 2.93. The number of piperidine rings is 1. The van der Waals surface area contributed by atoms with Crippen LogP contribution in [-0.4, -0.2) is 47.9 Å². The third-order valence-corrected chi connectivity index (χ3v) is 8.02. The third-order valence-electron chi connectivity index (χ3n) is 8.02. The second-order valence-electron chi connectivity index (χ2n) is 10.5. The van der Waals surface area contributed by atoms with Gasteiger partial charge in [-0.2, -0.15) is 0 Å². The van der Waals surface area contributed by atoms with E-state index in [4.69, 9.17) is 4.74 Å². The van der Waals surface area contributed by atoms with Gasteiger partial charge in [-0.1, -0.05) is 30.7 Å². The molecule has 0 saturated carbocycles. The molecule has 0 spiro atoms. The van der Waals surface area contributed by atoms with Crippen LogP contribution >= 0.6 is 0 Å². The molecule has 0 radical (unpaired) electrons. The van der Waals surface area contributed by atoms with Gasteiger partial charge in [0, 0.05) is 31.4 Å². The fourth-order valence-electron chi connectivity index (χ4n) is 5.91. The minimum absolute atomic E-state index is 0.302. The first-order valence-corrected chi connectivity index (χ1v) is 13.9. The Morgan fingerprint density at radius 3 is 2.43 bits per heavy atom. The van der Waals surface area contributed by atoms with E-state index in [1.54, 1.807) is 6.07 Å². The molecular weight excluding hydrogens is 460 g/mol.